The molecule has 0 spiro atoms. The first-order valence-electron chi connectivity index (χ1n) is 6.28. The number of carbonyl (C=O) groups excluding carboxylic acids is 2. The quantitative estimate of drug-likeness (QED) is 0.486. The van der Waals surface area contributed by atoms with E-state index in [4.69, 9.17) is 9.47 Å². The molecule has 0 heterocycles. The van der Waals surface area contributed by atoms with E-state index in [1.165, 1.54) is 13.8 Å². The van der Waals surface area contributed by atoms with Crippen molar-refractivity contribution in [3.63, 3.8) is 0 Å². The van der Waals surface area contributed by atoms with Gasteiger partial charge in [0.15, 0.2) is 0 Å². The SMILES string of the molecule is CCCCCC(OC(C)=O)C(C)COC(C)=O. The minimum absolute atomic E-state index is 0.0413. The summed E-state index contributed by atoms with van der Waals surface area (Å²) in [5.74, 6) is -0.534. The Morgan fingerprint density at radius 2 is 1.76 bits per heavy atom. The summed E-state index contributed by atoms with van der Waals surface area (Å²) in [7, 11) is 0. The second kappa shape index (κ2) is 9.02. The molecular weight excluding hydrogens is 220 g/mol. The zero-order chi connectivity index (χ0) is 13.3. The minimum atomic E-state index is -0.299. The highest BCUT2D eigenvalue weighted by atomic mass is 16.6. The Morgan fingerprint density at radius 3 is 2.24 bits per heavy atom. The first kappa shape index (κ1) is 15.9. The van der Waals surface area contributed by atoms with Gasteiger partial charge >= 0.3 is 11.9 Å². The van der Waals surface area contributed by atoms with Crippen LogP contribution in [0.1, 0.15) is 53.4 Å². The third-order valence-electron chi connectivity index (χ3n) is 2.59. The molecule has 0 aromatic carbocycles. The molecule has 0 aromatic rings. The Bertz CT molecular complexity index is 238. The van der Waals surface area contributed by atoms with E-state index in [-0.39, 0.29) is 24.0 Å². The third kappa shape index (κ3) is 8.72. The van der Waals surface area contributed by atoms with Crippen molar-refractivity contribution < 1.29 is 19.1 Å². The topological polar surface area (TPSA) is 52.6 Å². The number of carbonyl (C=O) groups is 2. The molecule has 4 nitrogen and oxygen atoms in total. The van der Waals surface area contributed by atoms with Gasteiger partial charge in [0, 0.05) is 19.8 Å². The van der Waals surface area contributed by atoms with E-state index in [0.29, 0.717) is 6.61 Å². The number of esters is 2. The van der Waals surface area contributed by atoms with E-state index in [0.717, 1.165) is 25.7 Å². The predicted octanol–water partition coefficient (Wildman–Crippen LogP) is 2.70. The van der Waals surface area contributed by atoms with Crippen LogP contribution in [-0.2, 0) is 19.1 Å². The van der Waals surface area contributed by atoms with Gasteiger partial charge in [0.25, 0.3) is 0 Å². The molecule has 0 N–H and O–H groups in total. The molecule has 17 heavy (non-hydrogen) atoms. The molecule has 0 amide bonds. The van der Waals surface area contributed by atoms with Crippen molar-refractivity contribution in [3.8, 4) is 0 Å². The molecule has 0 aliphatic carbocycles. The molecule has 0 aromatic heterocycles. The number of hydrogen-bond donors (Lipinski definition) is 0. The van der Waals surface area contributed by atoms with Crippen LogP contribution in [0, 0.1) is 5.92 Å². The molecule has 0 rings (SSSR count). The van der Waals surface area contributed by atoms with Crippen LogP contribution < -0.4 is 0 Å². The Hall–Kier alpha value is -1.06. The number of ether oxygens (including phenoxy) is 2. The monoisotopic (exact) mass is 244 g/mol. The van der Waals surface area contributed by atoms with Gasteiger partial charge in [-0.2, -0.15) is 0 Å². The van der Waals surface area contributed by atoms with Gasteiger partial charge in [-0.25, -0.2) is 0 Å². The maximum absolute atomic E-state index is 11.0. The summed E-state index contributed by atoms with van der Waals surface area (Å²) < 4.78 is 10.2. The third-order valence-corrected chi connectivity index (χ3v) is 2.59. The van der Waals surface area contributed by atoms with Gasteiger partial charge in [-0.15, -0.1) is 0 Å². The van der Waals surface area contributed by atoms with E-state index < -0.39 is 0 Å². The second-order valence-electron chi connectivity index (χ2n) is 4.42. The van der Waals surface area contributed by atoms with Crippen LogP contribution in [0.15, 0.2) is 0 Å². The van der Waals surface area contributed by atoms with Crippen LogP contribution in [0.3, 0.4) is 0 Å². The van der Waals surface area contributed by atoms with Crippen molar-refractivity contribution in [1.82, 2.24) is 0 Å². The zero-order valence-electron chi connectivity index (χ0n) is 11.3. The van der Waals surface area contributed by atoms with Gasteiger partial charge < -0.3 is 9.47 Å². The van der Waals surface area contributed by atoms with Crippen molar-refractivity contribution in [1.29, 1.82) is 0 Å². The number of hydrogen-bond acceptors (Lipinski definition) is 4. The molecule has 2 unspecified atom stereocenters. The van der Waals surface area contributed by atoms with Gasteiger partial charge in [0.1, 0.15) is 6.10 Å². The van der Waals surface area contributed by atoms with Gasteiger partial charge in [-0.05, 0) is 12.8 Å². The van der Waals surface area contributed by atoms with Crippen molar-refractivity contribution in [2.45, 2.75) is 59.5 Å². The molecule has 0 fully saturated rings. The van der Waals surface area contributed by atoms with Crippen LogP contribution in [0.25, 0.3) is 0 Å². The van der Waals surface area contributed by atoms with Gasteiger partial charge in [0.05, 0.1) is 6.61 Å². The summed E-state index contributed by atoms with van der Waals surface area (Å²) in [5, 5.41) is 0. The molecule has 0 bridgehead atoms. The summed E-state index contributed by atoms with van der Waals surface area (Å²) >= 11 is 0. The normalized spacial score (nSPS) is 13.9. The largest absolute Gasteiger partial charge is 0.465 e. The predicted molar refractivity (Wildman–Crippen MR) is 65.5 cm³/mol. The maximum Gasteiger partial charge on any atom is 0.302 e. The Labute approximate surface area is 104 Å². The van der Waals surface area contributed by atoms with E-state index in [1.54, 1.807) is 0 Å². The van der Waals surface area contributed by atoms with E-state index in [9.17, 15) is 9.59 Å². The molecule has 0 saturated heterocycles. The van der Waals surface area contributed by atoms with E-state index >= 15 is 0 Å². The first-order chi connectivity index (χ1) is 7.97. The molecule has 4 heteroatoms. The van der Waals surface area contributed by atoms with Crippen LogP contribution >= 0.6 is 0 Å². The van der Waals surface area contributed by atoms with E-state index in [2.05, 4.69) is 6.92 Å². The summed E-state index contributed by atoms with van der Waals surface area (Å²) in [6.07, 6.45) is 3.95. The molecule has 0 aliphatic rings. The molecule has 0 radical (unpaired) electrons. The zero-order valence-corrected chi connectivity index (χ0v) is 11.3. The average Bonchev–Trinajstić information content (AvgIpc) is 2.24. The smallest absolute Gasteiger partial charge is 0.302 e. The number of rotatable bonds is 8. The van der Waals surface area contributed by atoms with Crippen molar-refractivity contribution in [3.05, 3.63) is 0 Å². The lowest BCUT2D eigenvalue weighted by atomic mass is 9.99. The van der Waals surface area contributed by atoms with Crippen LogP contribution in [-0.4, -0.2) is 24.6 Å². The van der Waals surface area contributed by atoms with Crippen LogP contribution in [0.4, 0.5) is 0 Å². The highest BCUT2D eigenvalue weighted by Gasteiger charge is 2.20. The standard InChI is InChI=1S/C13H24O4/c1-5-6-7-8-13(17-12(4)15)10(2)9-16-11(3)14/h10,13H,5-9H2,1-4H3. The molecule has 0 aliphatic heterocycles. The first-order valence-corrected chi connectivity index (χ1v) is 6.28. The summed E-state index contributed by atoms with van der Waals surface area (Å²) in [6.45, 7) is 7.15. The van der Waals surface area contributed by atoms with Crippen molar-refractivity contribution >= 4 is 11.9 Å². The molecule has 2 atom stereocenters. The minimum Gasteiger partial charge on any atom is -0.465 e. The highest BCUT2D eigenvalue weighted by molar-refractivity contribution is 5.66. The lowest BCUT2D eigenvalue weighted by Crippen LogP contribution is -2.28. The fourth-order valence-electron chi connectivity index (χ4n) is 1.62. The highest BCUT2D eigenvalue weighted by Crippen LogP contribution is 2.16. The lowest BCUT2D eigenvalue weighted by Gasteiger charge is -2.23. The second-order valence-corrected chi connectivity index (χ2v) is 4.42. The summed E-state index contributed by atoms with van der Waals surface area (Å²) in [5.41, 5.74) is 0. The fraction of sp³-hybridized carbons (Fsp3) is 0.846. The van der Waals surface area contributed by atoms with E-state index in [1.807, 2.05) is 6.92 Å². The van der Waals surface area contributed by atoms with Gasteiger partial charge in [-0.3, -0.25) is 9.59 Å². The molecule has 0 saturated carbocycles. The average molecular weight is 244 g/mol. The molecule has 100 valence electrons. The summed E-state index contributed by atoms with van der Waals surface area (Å²) in [6, 6.07) is 0. The van der Waals surface area contributed by atoms with Crippen molar-refractivity contribution in [2.75, 3.05) is 6.61 Å². The van der Waals surface area contributed by atoms with Gasteiger partial charge in [0.2, 0.25) is 0 Å². The Morgan fingerprint density at radius 1 is 1.12 bits per heavy atom. The number of unbranched alkanes of at least 4 members (excludes halogenated alkanes) is 2. The fourth-order valence-corrected chi connectivity index (χ4v) is 1.62. The molecular formula is C13H24O4. The summed E-state index contributed by atoms with van der Waals surface area (Å²) in [4.78, 5) is 21.7. The Kier molecular flexibility index (Phi) is 8.46. The van der Waals surface area contributed by atoms with Crippen LogP contribution in [0.2, 0.25) is 0 Å². The maximum atomic E-state index is 11.0. The van der Waals surface area contributed by atoms with Crippen LogP contribution in [0.5, 0.6) is 0 Å². The lowest BCUT2D eigenvalue weighted by molar-refractivity contribution is -0.152. The van der Waals surface area contributed by atoms with Gasteiger partial charge in [-0.1, -0.05) is 26.7 Å². The Balaban J connectivity index is 4.13. The van der Waals surface area contributed by atoms with Crippen molar-refractivity contribution in [2.24, 2.45) is 5.92 Å².